The van der Waals surface area contributed by atoms with Gasteiger partial charge in [-0.25, -0.2) is 4.79 Å². The number of hydrogen-bond acceptors (Lipinski definition) is 3. The first-order chi connectivity index (χ1) is 9.69. The van der Waals surface area contributed by atoms with E-state index in [2.05, 4.69) is 31.4 Å². The highest BCUT2D eigenvalue weighted by Gasteiger charge is 2.25. The molecule has 21 heavy (non-hydrogen) atoms. The van der Waals surface area contributed by atoms with Gasteiger partial charge in [-0.3, -0.25) is 0 Å². The first kappa shape index (κ1) is 17.3. The van der Waals surface area contributed by atoms with Crippen LogP contribution in [0, 0.1) is 5.92 Å². The molecule has 1 aromatic rings. The summed E-state index contributed by atoms with van der Waals surface area (Å²) >= 11 is 0. The molecule has 0 aromatic heterocycles. The van der Waals surface area contributed by atoms with Gasteiger partial charge >= 0.3 is 6.09 Å². The summed E-state index contributed by atoms with van der Waals surface area (Å²) in [6.07, 6.45) is -0.372. The molecular formula is C17H28N2O2. The van der Waals surface area contributed by atoms with Gasteiger partial charge in [0.15, 0.2) is 0 Å². The maximum Gasteiger partial charge on any atom is 0.407 e. The zero-order valence-electron chi connectivity index (χ0n) is 13.9. The molecule has 2 atom stereocenters. The second-order valence-electron chi connectivity index (χ2n) is 6.72. The fourth-order valence-corrected chi connectivity index (χ4v) is 2.20. The maximum absolute atomic E-state index is 12.0. The zero-order chi connectivity index (χ0) is 16.0. The van der Waals surface area contributed by atoms with Gasteiger partial charge in [-0.15, -0.1) is 0 Å². The van der Waals surface area contributed by atoms with Gasteiger partial charge in [0, 0.05) is 11.7 Å². The van der Waals surface area contributed by atoms with Crippen molar-refractivity contribution in [2.75, 3.05) is 5.32 Å². The molecule has 0 aliphatic carbocycles. The Balaban J connectivity index is 2.66. The molecule has 2 N–H and O–H groups in total. The Bertz CT molecular complexity index is 438. The van der Waals surface area contributed by atoms with Gasteiger partial charge in [-0.2, -0.15) is 0 Å². The molecule has 0 bridgehead atoms. The van der Waals surface area contributed by atoms with E-state index in [0.717, 1.165) is 5.69 Å². The summed E-state index contributed by atoms with van der Waals surface area (Å²) in [4.78, 5) is 12.0. The van der Waals surface area contributed by atoms with E-state index >= 15 is 0 Å². The van der Waals surface area contributed by atoms with Crippen molar-refractivity contribution in [2.45, 2.75) is 59.2 Å². The number of carbonyl (C=O) groups excluding carboxylic acids is 1. The third kappa shape index (κ3) is 6.52. The summed E-state index contributed by atoms with van der Waals surface area (Å²) in [6, 6.07) is 10.1. The summed E-state index contributed by atoms with van der Waals surface area (Å²) < 4.78 is 5.34. The molecule has 0 saturated carbocycles. The molecule has 4 nitrogen and oxygen atoms in total. The van der Waals surface area contributed by atoms with E-state index in [1.54, 1.807) is 0 Å². The fourth-order valence-electron chi connectivity index (χ4n) is 2.20. The Morgan fingerprint density at radius 1 is 1.10 bits per heavy atom. The van der Waals surface area contributed by atoms with Crippen molar-refractivity contribution < 1.29 is 9.53 Å². The van der Waals surface area contributed by atoms with E-state index in [9.17, 15) is 4.79 Å². The second kappa shape index (κ2) is 7.34. The minimum Gasteiger partial charge on any atom is -0.444 e. The van der Waals surface area contributed by atoms with E-state index in [0.29, 0.717) is 5.92 Å². The molecule has 0 heterocycles. The number of nitrogens with one attached hydrogen (secondary N) is 2. The quantitative estimate of drug-likeness (QED) is 0.861. The number of carbonyl (C=O) groups is 1. The molecule has 0 unspecified atom stereocenters. The van der Waals surface area contributed by atoms with E-state index < -0.39 is 5.60 Å². The molecule has 1 rings (SSSR count). The number of anilines is 1. The number of amides is 1. The van der Waals surface area contributed by atoms with Crippen molar-refractivity contribution in [3.63, 3.8) is 0 Å². The van der Waals surface area contributed by atoms with Crippen molar-refractivity contribution in [3.8, 4) is 0 Å². The molecule has 0 fully saturated rings. The Morgan fingerprint density at radius 3 is 2.14 bits per heavy atom. The van der Waals surface area contributed by atoms with Crippen LogP contribution in [0.5, 0.6) is 0 Å². The molecule has 1 amide bonds. The summed E-state index contributed by atoms with van der Waals surface area (Å²) in [7, 11) is 0. The third-order valence-corrected chi connectivity index (χ3v) is 3.11. The minimum atomic E-state index is -0.484. The number of ether oxygens (including phenoxy) is 1. The van der Waals surface area contributed by atoms with Crippen molar-refractivity contribution >= 4 is 11.8 Å². The molecular weight excluding hydrogens is 264 g/mol. The molecule has 0 aliphatic heterocycles. The van der Waals surface area contributed by atoms with Gasteiger partial charge in [0.2, 0.25) is 0 Å². The molecule has 0 aliphatic rings. The maximum atomic E-state index is 12.0. The van der Waals surface area contributed by atoms with Gasteiger partial charge in [0.05, 0.1) is 6.04 Å². The average molecular weight is 292 g/mol. The largest absolute Gasteiger partial charge is 0.444 e. The van der Waals surface area contributed by atoms with Gasteiger partial charge in [-0.1, -0.05) is 32.0 Å². The smallest absolute Gasteiger partial charge is 0.407 e. The fraction of sp³-hybridized carbons (Fsp3) is 0.588. The molecule has 4 heteroatoms. The number of hydrogen-bond donors (Lipinski definition) is 2. The molecule has 0 radical (unpaired) electrons. The van der Waals surface area contributed by atoms with Crippen LogP contribution < -0.4 is 10.6 Å². The van der Waals surface area contributed by atoms with Crippen molar-refractivity contribution in [1.82, 2.24) is 5.32 Å². The lowest BCUT2D eigenvalue weighted by atomic mass is 9.97. The van der Waals surface area contributed by atoms with Crippen LogP contribution in [0.4, 0.5) is 10.5 Å². The van der Waals surface area contributed by atoms with Gasteiger partial charge in [-0.05, 0) is 45.7 Å². The van der Waals surface area contributed by atoms with Crippen LogP contribution >= 0.6 is 0 Å². The van der Waals surface area contributed by atoms with Crippen LogP contribution in [-0.4, -0.2) is 23.8 Å². The van der Waals surface area contributed by atoms with Gasteiger partial charge < -0.3 is 15.4 Å². The van der Waals surface area contributed by atoms with Crippen LogP contribution in [0.2, 0.25) is 0 Å². The summed E-state index contributed by atoms with van der Waals surface area (Å²) in [5.41, 5.74) is 0.559. The lowest BCUT2D eigenvalue weighted by Gasteiger charge is -2.31. The predicted octanol–water partition coefficient (Wildman–Crippen LogP) is 4.04. The van der Waals surface area contributed by atoms with Crippen LogP contribution in [0.1, 0.15) is 41.5 Å². The number of para-hydroxylation sites is 1. The van der Waals surface area contributed by atoms with Crippen molar-refractivity contribution in [2.24, 2.45) is 5.92 Å². The number of benzene rings is 1. The number of alkyl carbamates (subject to hydrolysis) is 1. The molecule has 1 aromatic carbocycles. The van der Waals surface area contributed by atoms with Gasteiger partial charge in [0.25, 0.3) is 0 Å². The SMILES string of the molecule is CC(C)[C@H](NC(=O)OC(C)(C)C)[C@H](C)Nc1ccccc1. The summed E-state index contributed by atoms with van der Waals surface area (Å²) in [5, 5.41) is 6.39. The van der Waals surface area contributed by atoms with E-state index in [1.165, 1.54) is 0 Å². The lowest BCUT2D eigenvalue weighted by molar-refractivity contribution is 0.0485. The molecule has 0 spiro atoms. The Kier molecular flexibility index (Phi) is 6.06. The van der Waals surface area contributed by atoms with Crippen LogP contribution in [0.3, 0.4) is 0 Å². The normalized spacial score (nSPS) is 14.4. The monoisotopic (exact) mass is 292 g/mol. The highest BCUT2D eigenvalue weighted by molar-refractivity contribution is 5.68. The molecule has 118 valence electrons. The Morgan fingerprint density at radius 2 is 1.67 bits per heavy atom. The van der Waals surface area contributed by atoms with Crippen molar-refractivity contribution in [1.29, 1.82) is 0 Å². The molecule has 0 saturated heterocycles. The Labute approximate surface area is 128 Å². The summed E-state index contributed by atoms with van der Waals surface area (Å²) in [6.45, 7) is 11.8. The lowest BCUT2D eigenvalue weighted by Crippen LogP contribution is -2.49. The van der Waals surface area contributed by atoms with E-state index in [1.807, 2.05) is 51.1 Å². The standard InChI is InChI=1S/C17H28N2O2/c1-12(2)15(19-16(20)21-17(4,5)6)13(3)18-14-10-8-7-9-11-14/h7-13,15,18H,1-6H3,(H,19,20)/t13-,15-/m0/s1. The summed E-state index contributed by atoms with van der Waals surface area (Å²) in [5.74, 6) is 0.295. The first-order valence-electron chi connectivity index (χ1n) is 7.50. The van der Waals surface area contributed by atoms with Crippen molar-refractivity contribution in [3.05, 3.63) is 30.3 Å². The van der Waals surface area contributed by atoms with Crippen LogP contribution in [0.25, 0.3) is 0 Å². The van der Waals surface area contributed by atoms with Crippen LogP contribution in [0.15, 0.2) is 30.3 Å². The minimum absolute atomic E-state index is 0.0138. The second-order valence-corrected chi connectivity index (χ2v) is 6.72. The Hall–Kier alpha value is -1.71. The highest BCUT2D eigenvalue weighted by atomic mass is 16.6. The average Bonchev–Trinajstić information content (AvgIpc) is 2.34. The van der Waals surface area contributed by atoms with Gasteiger partial charge in [0.1, 0.15) is 5.60 Å². The van der Waals surface area contributed by atoms with E-state index in [4.69, 9.17) is 4.74 Å². The predicted molar refractivity (Wildman–Crippen MR) is 87.5 cm³/mol. The third-order valence-electron chi connectivity index (χ3n) is 3.11. The van der Waals surface area contributed by atoms with E-state index in [-0.39, 0.29) is 18.2 Å². The first-order valence-corrected chi connectivity index (χ1v) is 7.50. The topological polar surface area (TPSA) is 50.4 Å². The van der Waals surface area contributed by atoms with Crippen LogP contribution in [-0.2, 0) is 4.74 Å². The highest BCUT2D eigenvalue weighted by Crippen LogP contribution is 2.15. The number of rotatable bonds is 5. The zero-order valence-corrected chi connectivity index (χ0v) is 13.9.